The van der Waals surface area contributed by atoms with Gasteiger partial charge in [0.2, 0.25) is 5.88 Å². The van der Waals surface area contributed by atoms with E-state index in [0.717, 1.165) is 30.8 Å². The Morgan fingerprint density at radius 1 is 1.50 bits per heavy atom. The molecule has 0 atom stereocenters. The lowest BCUT2D eigenvalue weighted by molar-refractivity contribution is 0.310. The van der Waals surface area contributed by atoms with Crippen LogP contribution in [0.5, 0.6) is 5.88 Å². The second-order valence-electron chi connectivity index (χ2n) is 3.84. The Kier molecular flexibility index (Phi) is 5.40. The van der Waals surface area contributed by atoms with Crippen molar-refractivity contribution in [2.75, 3.05) is 18.5 Å². The first kappa shape index (κ1) is 12.6. The maximum Gasteiger partial charge on any atom is 0.215 e. The quantitative estimate of drug-likeness (QED) is 0.716. The zero-order valence-electron chi connectivity index (χ0n) is 10.1. The van der Waals surface area contributed by atoms with Crippen LogP contribution in [0.15, 0.2) is 30.4 Å². The van der Waals surface area contributed by atoms with Gasteiger partial charge in [-0.3, -0.25) is 0 Å². The molecule has 0 fully saturated rings. The Morgan fingerprint density at radius 3 is 3.00 bits per heavy atom. The maximum absolute atomic E-state index is 5.53. The summed E-state index contributed by atoms with van der Waals surface area (Å²) >= 11 is 0. The summed E-state index contributed by atoms with van der Waals surface area (Å²) in [7, 11) is 0. The van der Waals surface area contributed by atoms with Crippen LogP contribution < -0.4 is 10.1 Å². The van der Waals surface area contributed by atoms with Crippen molar-refractivity contribution in [3.05, 3.63) is 30.4 Å². The summed E-state index contributed by atoms with van der Waals surface area (Å²) in [6.45, 7) is 9.52. The van der Waals surface area contributed by atoms with Gasteiger partial charge >= 0.3 is 0 Å². The zero-order valence-corrected chi connectivity index (χ0v) is 10.1. The van der Waals surface area contributed by atoms with Gasteiger partial charge in [-0.2, -0.15) is 4.98 Å². The molecule has 3 nitrogen and oxygen atoms in total. The van der Waals surface area contributed by atoms with Crippen LogP contribution in [-0.4, -0.2) is 18.1 Å². The molecule has 0 saturated heterocycles. The molecule has 0 aromatic carbocycles. The Bertz CT molecular complexity index is 336. The van der Waals surface area contributed by atoms with E-state index >= 15 is 0 Å². The van der Waals surface area contributed by atoms with Crippen molar-refractivity contribution in [2.45, 2.75) is 26.7 Å². The van der Waals surface area contributed by atoms with Gasteiger partial charge in [-0.15, -0.1) is 6.58 Å². The number of rotatable bonds is 7. The molecule has 16 heavy (non-hydrogen) atoms. The number of hydrogen-bond acceptors (Lipinski definition) is 3. The number of aromatic nitrogens is 1. The van der Waals surface area contributed by atoms with Crippen LogP contribution >= 0.6 is 0 Å². The molecule has 88 valence electrons. The Labute approximate surface area is 97.5 Å². The molecule has 0 amide bonds. The summed E-state index contributed by atoms with van der Waals surface area (Å²) in [4.78, 5) is 4.34. The number of nitrogens with zero attached hydrogens (tertiary/aromatic N) is 1. The van der Waals surface area contributed by atoms with E-state index in [4.69, 9.17) is 4.74 Å². The summed E-state index contributed by atoms with van der Waals surface area (Å²) in [5.41, 5.74) is 1.13. The van der Waals surface area contributed by atoms with E-state index in [-0.39, 0.29) is 0 Å². The molecule has 0 radical (unpaired) electrons. The largest absolute Gasteiger partial charge is 0.477 e. The standard InChI is InChI=1S/C13H20N2O/c1-4-9-14-12-6-5-7-13(15-12)16-10-8-11(2)3/h5-7H,2,4,8-10H2,1,3H3,(H,14,15). The smallest absolute Gasteiger partial charge is 0.215 e. The van der Waals surface area contributed by atoms with Crippen molar-refractivity contribution in [1.29, 1.82) is 0 Å². The molecule has 1 aromatic heterocycles. The van der Waals surface area contributed by atoms with Crippen molar-refractivity contribution < 1.29 is 4.74 Å². The zero-order chi connectivity index (χ0) is 11.8. The topological polar surface area (TPSA) is 34.1 Å². The normalized spacial score (nSPS) is 9.88. The van der Waals surface area contributed by atoms with Gasteiger partial charge in [0, 0.05) is 19.0 Å². The predicted molar refractivity (Wildman–Crippen MR) is 67.9 cm³/mol. The second-order valence-corrected chi connectivity index (χ2v) is 3.84. The van der Waals surface area contributed by atoms with Crippen LogP contribution in [0, 0.1) is 0 Å². The predicted octanol–water partition coefficient (Wildman–Crippen LogP) is 3.25. The molecule has 0 spiro atoms. The summed E-state index contributed by atoms with van der Waals surface area (Å²) in [6.07, 6.45) is 1.96. The van der Waals surface area contributed by atoms with E-state index in [1.165, 1.54) is 0 Å². The van der Waals surface area contributed by atoms with E-state index in [1.807, 2.05) is 25.1 Å². The Balaban J connectivity index is 2.43. The summed E-state index contributed by atoms with van der Waals surface area (Å²) in [5.74, 6) is 1.54. The minimum absolute atomic E-state index is 0.638. The molecular formula is C13H20N2O. The highest BCUT2D eigenvalue weighted by Crippen LogP contribution is 2.12. The van der Waals surface area contributed by atoms with Gasteiger partial charge in [-0.05, 0) is 19.4 Å². The number of hydrogen-bond donors (Lipinski definition) is 1. The molecule has 0 saturated carbocycles. The lowest BCUT2D eigenvalue weighted by Gasteiger charge is -2.07. The van der Waals surface area contributed by atoms with Gasteiger partial charge in [-0.25, -0.2) is 0 Å². The van der Waals surface area contributed by atoms with Crippen molar-refractivity contribution in [2.24, 2.45) is 0 Å². The molecule has 1 heterocycles. The summed E-state index contributed by atoms with van der Waals surface area (Å²) in [5, 5.41) is 3.23. The molecular weight excluding hydrogens is 200 g/mol. The average molecular weight is 220 g/mol. The van der Waals surface area contributed by atoms with Crippen molar-refractivity contribution in [3.63, 3.8) is 0 Å². The molecule has 1 rings (SSSR count). The number of nitrogens with one attached hydrogen (secondary N) is 1. The lowest BCUT2D eigenvalue weighted by atomic mass is 10.3. The Morgan fingerprint density at radius 2 is 2.31 bits per heavy atom. The van der Waals surface area contributed by atoms with E-state index in [2.05, 4.69) is 23.8 Å². The molecule has 1 N–H and O–H groups in total. The third-order valence-electron chi connectivity index (χ3n) is 2.06. The first-order chi connectivity index (χ1) is 7.72. The molecule has 3 heteroatoms. The van der Waals surface area contributed by atoms with Crippen molar-refractivity contribution in [1.82, 2.24) is 4.98 Å². The van der Waals surface area contributed by atoms with E-state index in [9.17, 15) is 0 Å². The lowest BCUT2D eigenvalue weighted by Crippen LogP contribution is -2.04. The second kappa shape index (κ2) is 6.88. The van der Waals surface area contributed by atoms with Crippen molar-refractivity contribution in [3.8, 4) is 5.88 Å². The fourth-order valence-corrected chi connectivity index (χ4v) is 1.18. The highest BCUT2D eigenvalue weighted by Gasteiger charge is 1.97. The van der Waals surface area contributed by atoms with Gasteiger partial charge in [0.25, 0.3) is 0 Å². The van der Waals surface area contributed by atoms with Crippen molar-refractivity contribution >= 4 is 5.82 Å². The fourth-order valence-electron chi connectivity index (χ4n) is 1.18. The van der Waals surface area contributed by atoms with Gasteiger partial charge < -0.3 is 10.1 Å². The molecule has 0 unspecified atom stereocenters. The van der Waals surface area contributed by atoms with E-state index in [1.54, 1.807) is 0 Å². The number of anilines is 1. The van der Waals surface area contributed by atoms with Gasteiger partial charge in [0.15, 0.2) is 0 Å². The fraction of sp³-hybridized carbons (Fsp3) is 0.462. The molecule has 0 aliphatic heterocycles. The highest BCUT2D eigenvalue weighted by atomic mass is 16.5. The van der Waals surface area contributed by atoms with Crippen LogP contribution in [0.1, 0.15) is 26.7 Å². The third-order valence-corrected chi connectivity index (χ3v) is 2.06. The minimum atomic E-state index is 0.638. The van der Waals surface area contributed by atoms with Gasteiger partial charge in [-0.1, -0.05) is 18.6 Å². The molecule has 0 bridgehead atoms. The first-order valence-corrected chi connectivity index (χ1v) is 5.70. The van der Waals surface area contributed by atoms with Crippen LogP contribution in [0.3, 0.4) is 0 Å². The molecule has 1 aromatic rings. The van der Waals surface area contributed by atoms with E-state index < -0.39 is 0 Å². The number of ether oxygens (including phenoxy) is 1. The van der Waals surface area contributed by atoms with Crippen LogP contribution in [0.25, 0.3) is 0 Å². The van der Waals surface area contributed by atoms with Gasteiger partial charge in [0.05, 0.1) is 6.61 Å². The highest BCUT2D eigenvalue weighted by molar-refractivity contribution is 5.36. The molecule has 0 aliphatic carbocycles. The summed E-state index contributed by atoms with van der Waals surface area (Å²) < 4.78 is 5.53. The summed E-state index contributed by atoms with van der Waals surface area (Å²) in [6, 6.07) is 5.76. The molecule has 0 aliphatic rings. The first-order valence-electron chi connectivity index (χ1n) is 5.70. The Hall–Kier alpha value is -1.51. The number of pyridine rings is 1. The average Bonchev–Trinajstić information content (AvgIpc) is 2.26. The van der Waals surface area contributed by atoms with E-state index in [0.29, 0.717) is 12.5 Å². The monoisotopic (exact) mass is 220 g/mol. The van der Waals surface area contributed by atoms with Gasteiger partial charge in [0.1, 0.15) is 5.82 Å². The SMILES string of the molecule is C=C(C)CCOc1cccc(NCCC)n1. The van der Waals surface area contributed by atoms with Crippen LogP contribution in [0.2, 0.25) is 0 Å². The van der Waals surface area contributed by atoms with Crippen LogP contribution in [-0.2, 0) is 0 Å². The van der Waals surface area contributed by atoms with Crippen LogP contribution in [0.4, 0.5) is 5.82 Å². The third kappa shape index (κ3) is 4.82. The minimum Gasteiger partial charge on any atom is -0.477 e. The maximum atomic E-state index is 5.53.